The molecule has 2 aromatic rings. The van der Waals surface area contributed by atoms with Crippen molar-refractivity contribution in [1.82, 2.24) is 4.90 Å². The Balaban J connectivity index is 1.99. The van der Waals surface area contributed by atoms with E-state index in [0.717, 1.165) is 4.90 Å². The Morgan fingerprint density at radius 3 is 2.29 bits per heavy atom. The number of nitrogens with zero attached hydrogens (tertiary/aromatic N) is 1. The Labute approximate surface area is 146 Å². The minimum absolute atomic E-state index is 0.0108. The third-order valence-corrected chi connectivity index (χ3v) is 3.99. The Kier molecular flexibility index (Phi) is 6.40. The molecule has 24 heavy (non-hydrogen) atoms. The van der Waals surface area contributed by atoms with E-state index in [0.29, 0.717) is 23.5 Å². The van der Waals surface area contributed by atoms with Crippen molar-refractivity contribution in [3.63, 3.8) is 0 Å². The molecule has 0 aliphatic heterocycles. The first kappa shape index (κ1) is 18.0. The predicted molar refractivity (Wildman–Crippen MR) is 100 cm³/mol. The average molecular weight is 343 g/mol. The van der Waals surface area contributed by atoms with E-state index in [-0.39, 0.29) is 11.8 Å². The van der Waals surface area contributed by atoms with Crippen LogP contribution in [0, 0.1) is 0 Å². The second-order valence-electron chi connectivity index (χ2n) is 5.55. The molecular weight excluding hydrogens is 322 g/mol. The van der Waals surface area contributed by atoms with Gasteiger partial charge in [-0.3, -0.25) is 4.79 Å². The maximum Gasteiger partial charge on any atom is 0.323 e. The lowest BCUT2D eigenvalue weighted by molar-refractivity contribution is 0.0958. The number of hydrogen-bond acceptors (Lipinski definition) is 4. The van der Waals surface area contributed by atoms with Crippen LogP contribution in [-0.2, 0) is 0 Å². The summed E-state index contributed by atoms with van der Waals surface area (Å²) < 4.78 is 0. The van der Waals surface area contributed by atoms with E-state index in [4.69, 9.17) is 0 Å². The molecule has 0 aliphatic rings. The summed E-state index contributed by atoms with van der Waals surface area (Å²) >= 11 is 1.64. The molecule has 2 amide bonds. The van der Waals surface area contributed by atoms with Crippen LogP contribution < -0.4 is 10.6 Å². The van der Waals surface area contributed by atoms with E-state index in [9.17, 15) is 9.59 Å². The van der Waals surface area contributed by atoms with Gasteiger partial charge < -0.3 is 15.5 Å². The number of amides is 2. The Morgan fingerprint density at radius 2 is 1.67 bits per heavy atom. The summed E-state index contributed by atoms with van der Waals surface area (Å²) in [6, 6.07) is 14.2. The minimum Gasteiger partial charge on any atom is -0.308 e. The van der Waals surface area contributed by atoms with Gasteiger partial charge in [-0.05, 0) is 56.7 Å². The van der Waals surface area contributed by atoms with E-state index in [2.05, 4.69) is 10.6 Å². The van der Waals surface area contributed by atoms with Crippen LogP contribution in [0.15, 0.2) is 53.4 Å². The number of carbonyl (C=O) groups excluding carboxylic acids is 2. The van der Waals surface area contributed by atoms with Gasteiger partial charge in [-0.2, -0.15) is 0 Å². The molecule has 0 atom stereocenters. The fraction of sp³-hybridized carbons (Fsp3) is 0.222. The van der Waals surface area contributed by atoms with Crippen molar-refractivity contribution in [2.45, 2.75) is 4.90 Å². The second kappa shape index (κ2) is 8.52. The lowest BCUT2D eigenvalue weighted by atomic mass is 10.1. The molecule has 0 saturated heterocycles. The molecule has 0 aromatic heterocycles. The molecule has 0 saturated carbocycles. The van der Waals surface area contributed by atoms with Gasteiger partial charge in [-0.25, -0.2) is 4.79 Å². The van der Waals surface area contributed by atoms with Crippen molar-refractivity contribution in [1.29, 1.82) is 0 Å². The number of nitrogens with one attached hydrogen (secondary N) is 2. The van der Waals surface area contributed by atoms with Gasteiger partial charge >= 0.3 is 6.03 Å². The summed E-state index contributed by atoms with van der Waals surface area (Å²) in [7, 11) is 3.69. The fourth-order valence-electron chi connectivity index (χ4n) is 2.12. The van der Waals surface area contributed by atoms with Gasteiger partial charge in [0.05, 0.1) is 6.54 Å². The lowest BCUT2D eigenvalue weighted by Gasteiger charge is -2.11. The molecule has 0 aliphatic carbocycles. The molecule has 5 nitrogen and oxygen atoms in total. The molecule has 2 rings (SSSR count). The molecule has 0 unspecified atom stereocenters. The number of urea groups is 1. The summed E-state index contributed by atoms with van der Waals surface area (Å²) in [6.45, 7) is 0.331. The third-order valence-electron chi connectivity index (χ3n) is 3.25. The number of Topliss-reactive ketones (excluding diaryl/α,β-unsaturated/α-hetero) is 1. The van der Waals surface area contributed by atoms with Gasteiger partial charge in [0.2, 0.25) is 0 Å². The van der Waals surface area contributed by atoms with E-state index in [1.165, 1.54) is 0 Å². The van der Waals surface area contributed by atoms with Crippen LogP contribution in [0.4, 0.5) is 16.2 Å². The molecule has 0 radical (unpaired) electrons. The van der Waals surface area contributed by atoms with Crippen LogP contribution in [0.3, 0.4) is 0 Å². The van der Waals surface area contributed by atoms with Crippen LogP contribution in [-0.4, -0.2) is 43.6 Å². The van der Waals surface area contributed by atoms with Gasteiger partial charge in [0.25, 0.3) is 0 Å². The number of anilines is 2. The summed E-state index contributed by atoms with van der Waals surface area (Å²) in [5.74, 6) is 0.0108. The van der Waals surface area contributed by atoms with E-state index < -0.39 is 0 Å². The van der Waals surface area contributed by atoms with Crippen molar-refractivity contribution >= 4 is 35.0 Å². The summed E-state index contributed by atoms with van der Waals surface area (Å²) in [5.41, 5.74) is 1.87. The van der Waals surface area contributed by atoms with Crippen LogP contribution in [0.25, 0.3) is 0 Å². The van der Waals surface area contributed by atoms with Crippen LogP contribution >= 0.6 is 11.8 Å². The van der Waals surface area contributed by atoms with Gasteiger partial charge in [-0.1, -0.05) is 12.1 Å². The standard InChI is InChI=1S/C18H21N3O2S/c1-21(2)12-17(22)13-5-4-6-15(11-13)20-18(23)19-14-7-9-16(24-3)10-8-14/h4-11H,12H2,1-3H3,(H2,19,20,23). The van der Waals surface area contributed by atoms with Crippen LogP contribution in [0.1, 0.15) is 10.4 Å². The Bertz CT molecular complexity index is 714. The molecule has 0 fully saturated rings. The summed E-state index contributed by atoms with van der Waals surface area (Å²) in [4.78, 5) is 27.1. The minimum atomic E-state index is -0.343. The zero-order chi connectivity index (χ0) is 17.5. The zero-order valence-electron chi connectivity index (χ0n) is 14.0. The number of ketones is 1. The van der Waals surface area contributed by atoms with Crippen molar-refractivity contribution in [2.75, 3.05) is 37.5 Å². The van der Waals surface area contributed by atoms with E-state index in [1.54, 1.807) is 36.0 Å². The second-order valence-corrected chi connectivity index (χ2v) is 6.43. The molecule has 0 heterocycles. The number of thioether (sulfide) groups is 1. The van der Waals surface area contributed by atoms with Crippen molar-refractivity contribution in [2.24, 2.45) is 0 Å². The number of likely N-dealkylation sites (N-methyl/N-ethyl adjacent to an activating group) is 1. The Morgan fingerprint density at radius 1 is 1.00 bits per heavy atom. The van der Waals surface area contributed by atoms with Gasteiger partial charge in [-0.15, -0.1) is 11.8 Å². The quantitative estimate of drug-likeness (QED) is 0.619. The number of hydrogen-bond donors (Lipinski definition) is 2. The molecule has 2 N–H and O–H groups in total. The highest BCUT2D eigenvalue weighted by molar-refractivity contribution is 7.98. The maximum absolute atomic E-state index is 12.1. The van der Waals surface area contributed by atoms with Gasteiger partial charge in [0, 0.05) is 21.8 Å². The summed E-state index contributed by atoms with van der Waals surface area (Å²) in [5, 5.41) is 5.52. The topological polar surface area (TPSA) is 61.4 Å². The largest absolute Gasteiger partial charge is 0.323 e. The lowest BCUT2D eigenvalue weighted by Crippen LogP contribution is -2.22. The van der Waals surface area contributed by atoms with Crippen molar-refractivity contribution in [3.05, 3.63) is 54.1 Å². The SMILES string of the molecule is CSc1ccc(NC(=O)Nc2cccc(C(=O)CN(C)C)c2)cc1. The molecular formula is C18H21N3O2S. The highest BCUT2D eigenvalue weighted by Gasteiger charge is 2.09. The first-order valence-electron chi connectivity index (χ1n) is 7.48. The van der Waals surface area contributed by atoms with Crippen LogP contribution in [0.2, 0.25) is 0 Å². The number of rotatable bonds is 6. The molecule has 0 bridgehead atoms. The van der Waals surface area contributed by atoms with Crippen LogP contribution in [0.5, 0.6) is 0 Å². The predicted octanol–water partition coefficient (Wildman–Crippen LogP) is 3.80. The maximum atomic E-state index is 12.1. The van der Waals surface area contributed by atoms with Gasteiger partial charge in [0.1, 0.15) is 0 Å². The zero-order valence-corrected chi connectivity index (χ0v) is 14.8. The molecule has 2 aromatic carbocycles. The van der Waals surface area contributed by atoms with Crippen molar-refractivity contribution < 1.29 is 9.59 Å². The Hall–Kier alpha value is -2.31. The first-order valence-corrected chi connectivity index (χ1v) is 8.70. The smallest absolute Gasteiger partial charge is 0.308 e. The molecule has 6 heteroatoms. The normalized spacial score (nSPS) is 10.5. The van der Waals surface area contributed by atoms with E-state index in [1.807, 2.05) is 49.5 Å². The molecule has 126 valence electrons. The highest BCUT2D eigenvalue weighted by atomic mass is 32.2. The fourth-order valence-corrected chi connectivity index (χ4v) is 2.52. The monoisotopic (exact) mass is 343 g/mol. The van der Waals surface area contributed by atoms with E-state index >= 15 is 0 Å². The first-order chi connectivity index (χ1) is 11.5. The third kappa shape index (κ3) is 5.40. The number of carbonyl (C=O) groups is 2. The number of benzene rings is 2. The molecule has 0 spiro atoms. The summed E-state index contributed by atoms with van der Waals surface area (Å²) in [6.07, 6.45) is 2.00. The van der Waals surface area contributed by atoms with Gasteiger partial charge in [0.15, 0.2) is 5.78 Å². The van der Waals surface area contributed by atoms with Crippen molar-refractivity contribution in [3.8, 4) is 0 Å². The average Bonchev–Trinajstić information content (AvgIpc) is 2.55. The highest BCUT2D eigenvalue weighted by Crippen LogP contribution is 2.18.